The second-order valence-electron chi connectivity index (χ2n) is 3.80. The first-order valence-electron chi connectivity index (χ1n) is 4.50. The highest BCUT2D eigenvalue weighted by atomic mass is 16.5. The zero-order valence-electron chi connectivity index (χ0n) is 8.68. The lowest BCUT2D eigenvalue weighted by molar-refractivity contribution is 0.0155. The van der Waals surface area contributed by atoms with Crippen LogP contribution in [0.4, 0.5) is 0 Å². The molecule has 0 saturated carbocycles. The normalized spacial score (nSPS) is 14.8. The Kier molecular flexibility index (Phi) is 5.46. The van der Waals surface area contributed by atoms with Gasteiger partial charge in [0.1, 0.15) is 0 Å². The molecule has 0 unspecified atom stereocenters. The molecule has 0 aromatic heterocycles. The van der Waals surface area contributed by atoms with Gasteiger partial charge in [-0.15, -0.1) is 0 Å². The van der Waals surface area contributed by atoms with E-state index in [-0.39, 0.29) is 5.60 Å². The van der Waals surface area contributed by atoms with Gasteiger partial charge in [0.25, 0.3) is 0 Å². The fourth-order valence-corrected chi connectivity index (χ4v) is 0.805. The third kappa shape index (κ3) is 5.52. The highest BCUT2D eigenvalue weighted by Gasteiger charge is 2.15. The molecule has 0 radical (unpaired) electrons. The standard InChI is InChI=1S/C9H22N2O/c1-8(7-10)11-6-5-9(2,3)12-4/h8,11H,5-7,10H2,1-4H3/t8-/m1/s1. The Morgan fingerprint density at radius 1 is 1.50 bits per heavy atom. The molecule has 3 nitrogen and oxygen atoms in total. The van der Waals surface area contributed by atoms with Crippen LogP contribution in [-0.2, 0) is 4.74 Å². The molecule has 1 atom stereocenters. The number of methoxy groups -OCH3 is 1. The van der Waals surface area contributed by atoms with Crippen LogP contribution in [0.2, 0.25) is 0 Å². The maximum Gasteiger partial charge on any atom is 0.0634 e. The van der Waals surface area contributed by atoms with Crippen molar-refractivity contribution in [3.63, 3.8) is 0 Å². The molecule has 0 saturated heterocycles. The van der Waals surface area contributed by atoms with Gasteiger partial charge >= 0.3 is 0 Å². The van der Waals surface area contributed by atoms with Gasteiger partial charge in [0.05, 0.1) is 5.60 Å². The summed E-state index contributed by atoms with van der Waals surface area (Å²) in [7, 11) is 1.74. The van der Waals surface area contributed by atoms with Crippen molar-refractivity contribution in [2.45, 2.75) is 38.8 Å². The van der Waals surface area contributed by atoms with E-state index in [1.165, 1.54) is 0 Å². The smallest absolute Gasteiger partial charge is 0.0634 e. The van der Waals surface area contributed by atoms with Crippen LogP contribution in [0.15, 0.2) is 0 Å². The molecule has 0 amide bonds. The number of ether oxygens (including phenoxy) is 1. The Morgan fingerprint density at radius 2 is 2.08 bits per heavy atom. The lowest BCUT2D eigenvalue weighted by Gasteiger charge is -2.23. The lowest BCUT2D eigenvalue weighted by atomic mass is 10.1. The molecule has 74 valence electrons. The third-order valence-electron chi connectivity index (χ3n) is 2.13. The predicted octanol–water partition coefficient (Wildman–Crippen LogP) is 0.738. The second-order valence-corrected chi connectivity index (χ2v) is 3.80. The van der Waals surface area contributed by atoms with E-state index >= 15 is 0 Å². The summed E-state index contributed by atoms with van der Waals surface area (Å²) in [5.41, 5.74) is 5.43. The van der Waals surface area contributed by atoms with Crippen molar-refractivity contribution in [2.75, 3.05) is 20.2 Å². The number of rotatable bonds is 6. The van der Waals surface area contributed by atoms with Gasteiger partial charge in [-0.05, 0) is 33.7 Å². The molecule has 0 aromatic carbocycles. The quantitative estimate of drug-likeness (QED) is 0.624. The van der Waals surface area contributed by atoms with Gasteiger partial charge in [-0.2, -0.15) is 0 Å². The van der Waals surface area contributed by atoms with E-state index in [2.05, 4.69) is 26.1 Å². The van der Waals surface area contributed by atoms with Crippen LogP contribution in [0, 0.1) is 0 Å². The summed E-state index contributed by atoms with van der Waals surface area (Å²) in [4.78, 5) is 0. The molecule has 0 aliphatic heterocycles. The van der Waals surface area contributed by atoms with Crippen molar-refractivity contribution in [1.82, 2.24) is 5.32 Å². The first-order valence-corrected chi connectivity index (χ1v) is 4.50. The largest absolute Gasteiger partial charge is 0.379 e. The molecule has 3 N–H and O–H groups in total. The molecule has 0 bridgehead atoms. The van der Waals surface area contributed by atoms with Crippen LogP contribution in [0.5, 0.6) is 0 Å². The van der Waals surface area contributed by atoms with E-state index in [0.717, 1.165) is 13.0 Å². The van der Waals surface area contributed by atoms with Crippen LogP contribution in [-0.4, -0.2) is 31.8 Å². The summed E-state index contributed by atoms with van der Waals surface area (Å²) in [6.07, 6.45) is 1.01. The molecule has 0 aromatic rings. The summed E-state index contributed by atoms with van der Waals surface area (Å²) in [5, 5.41) is 3.32. The van der Waals surface area contributed by atoms with Crippen LogP contribution in [0.1, 0.15) is 27.2 Å². The average Bonchev–Trinajstić information content (AvgIpc) is 2.04. The van der Waals surface area contributed by atoms with Crippen molar-refractivity contribution < 1.29 is 4.74 Å². The first-order chi connectivity index (χ1) is 5.52. The van der Waals surface area contributed by atoms with Crippen molar-refractivity contribution >= 4 is 0 Å². The molecule has 0 aliphatic rings. The maximum absolute atomic E-state index is 5.46. The molecule has 12 heavy (non-hydrogen) atoms. The zero-order chi connectivity index (χ0) is 9.61. The maximum atomic E-state index is 5.46. The van der Waals surface area contributed by atoms with Crippen LogP contribution >= 0.6 is 0 Å². The van der Waals surface area contributed by atoms with E-state index in [1.807, 2.05) is 0 Å². The van der Waals surface area contributed by atoms with Crippen LogP contribution < -0.4 is 11.1 Å². The number of nitrogens with two attached hydrogens (primary N) is 1. The van der Waals surface area contributed by atoms with Gasteiger partial charge in [-0.3, -0.25) is 0 Å². The van der Waals surface area contributed by atoms with Gasteiger partial charge in [0.15, 0.2) is 0 Å². The number of hydrogen-bond acceptors (Lipinski definition) is 3. The predicted molar refractivity (Wildman–Crippen MR) is 52.2 cm³/mol. The Morgan fingerprint density at radius 3 is 2.50 bits per heavy atom. The van der Waals surface area contributed by atoms with E-state index in [0.29, 0.717) is 12.6 Å². The average molecular weight is 174 g/mol. The summed E-state index contributed by atoms with van der Waals surface area (Å²) in [5.74, 6) is 0. The van der Waals surface area contributed by atoms with Crippen molar-refractivity contribution in [2.24, 2.45) is 5.73 Å². The van der Waals surface area contributed by atoms with Gasteiger partial charge < -0.3 is 15.8 Å². The van der Waals surface area contributed by atoms with Gasteiger partial charge in [0.2, 0.25) is 0 Å². The second kappa shape index (κ2) is 5.51. The highest BCUT2D eigenvalue weighted by molar-refractivity contribution is 4.70. The van der Waals surface area contributed by atoms with Crippen molar-refractivity contribution in [3.8, 4) is 0 Å². The zero-order valence-corrected chi connectivity index (χ0v) is 8.68. The summed E-state index contributed by atoms with van der Waals surface area (Å²) >= 11 is 0. The fraction of sp³-hybridized carbons (Fsp3) is 1.00. The Balaban J connectivity index is 3.42. The van der Waals surface area contributed by atoms with Gasteiger partial charge in [0, 0.05) is 19.7 Å². The van der Waals surface area contributed by atoms with E-state index < -0.39 is 0 Å². The molecule has 0 fully saturated rings. The number of nitrogens with one attached hydrogen (secondary N) is 1. The molecule has 3 heteroatoms. The van der Waals surface area contributed by atoms with Crippen molar-refractivity contribution in [3.05, 3.63) is 0 Å². The minimum atomic E-state index is -0.0265. The highest BCUT2D eigenvalue weighted by Crippen LogP contribution is 2.11. The molecular formula is C9H22N2O. The summed E-state index contributed by atoms with van der Waals surface area (Å²) in [6.45, 7) is 7.90. The third-order valence-corrected chi connectivity index (χ3v) is 2.13. The Hall–Kier alpha value is -0.120. The van der Waals surface area contributed by atoms with Crippen molar-refractivity contribution in [1.29, 1.82) is 0 Å². The fourth-order valence-electron chi connectivity index (χ4n) is 0.805. The number of hydrogen-bond donors (Lipinski definition) is 2. The topological polar surface area (TPSA) is 47.3 Å². The summed E-state index contributed by atoms with van der Waals surface area (Å²) in [6, 6.07) is 0.401. The van der Waals surface area contributed by atoms with Crippen LogP contribution in [0.25, 0.3) is 0 Å². The molecule has 0 spiro atoms. The molecule has 0 heterocycles. The van der Waals surface area contributed by atoms with Gasteiger partial charge in [-0.25, -0.2) is 0 Å². The first kappa shape index (κ1) is 11.9. The van der Waals surface area contributed by atoms with E-state index in [1.54, 1.807) is 7.11 Å². The minimum Gasteiger partial charge on any atom is -0.379 e. The minimum absolute atomic E-state index is 0.0265. The van der Waals surface area contributed by atoms with Crippen LogP contribution in [0.3, 0.4) is 0 Å². The monoisotopic (exact) mass is 174 g/mol. The molecule has 0 aliphatic carbocycles. The Bertz CT molecular complexity index is 115. The Labute approximate surface area is 75.7 Å². The van der Waals surface area contributed by atoms with E-state index in [4.69, 9.17) is 10.5 Å². The van der Waals surface area contributed by atoms with Gasteiger partial charge in [-0.1, -0.05) is 0 Å². The molecular weight excluding hydrogens is 152 g/mol. The molecule has 0 rings (SSSR count). The SMILES string of the molecule is COC(C)(C)CCN[C@H](C)CN. The van der Waals surface area contributed by atoms with E-state index in [9.17, 15) is 0 Å². The lowest BCUT2D eigenvalue weighted by Crippen LogP contribution is -2.37. The summed E-state index contributed by atoms with van der Waals surface area (Å²) < 4.78 is 5.28.